The average Bonchev–Trinajstić information content (AvgIpc) is 2.72. The summed E-state index contributed by atoms with van der Waals surface area (Å²) in [7, 11) is 0. The predicted molar refractivity (Wildman–Crippen MR) is 56.5 cm³/mol. The van der Waals surface area contributed by atoms with Crippen molar-refractivity contribution in [3.8, 4) is 24.3 Å². The van der Waals surface area contributed by atoms with Crippen LogP contribution in [0.5, 0.6) is 0 Å². The quantitative estimate of drug-likeness (QED) is 0.679. The number of nitrogens with zero attached hydrogens (tertiary/aromatic N) is 4. The SMILES string of the molecule is C=CCCC1CC(C#N)(C#N)OC1(C#N)C#N. The lowest BCUT2D eigenvalue weighted by Gasteiger charge is -2.18. The molecule has 0 aromatic carbocycles. The van der Waals surface area contributed by atoms with Crippen LogP contribution in [-0.4, -0.2) is 11.2 Å². The van der Waals surface area contributed by atoms with Crippen LogP contribution in [0, 0.1) is 51.2 Å². The van der Waals surface area contributed by atoms with E-state index in [1.165, 1.54) is 0 Å². The Balaban J connectivity index is 3.10. The number of hydrogen-bond acceptors (Lipinski definition) is 5. The van der Waals surface area contributed by atoms with Gasteiger partial charge in [0.05, 0.1) is 0 Å². The summed E-state index contributed by atoms with van der Waals surface area (Å²) in [6.07, 6.45) is 2.84. The number of allylic oxidation sites excluding steroid dienone is 1. The summed E-state index contributed by atoms with van der Waals surface area (Å²) < 4.78 is 5.16. The third kappa shape index (κ3) is 1.98. The van der Waals surface area contributed by atoms with Crippen molar-refractivity contribution in [1.29, 1.82) is 21.0 Å². The van der Waals surface area contributed by atoms with Crippen LogP contribution < -0.4 is 0 Å². The third-order valence-corrected chi connectivity index (χ3v) is 2.86. The van der Waals surface area contributed by atoms with Gasteiger partial charge < -0.3 is 4.74 Å². The van der Waals surface area contributed by atoms with E-state index >= 15 is 0 Å². The highest BCUT2D eigenvalue weighted by Crippen LogP contribution is 2.43. The van der Waals surface area contributed by atoms with E-state index in [1.54, 1.807) is 30.4 Å². The predicted octanol–water partition coefficient (Wildman–Crippen LogP) is 1.56. The number of hydrogen-bond donors (Lipinski definition) is 0. The molecular weight excluding hydrogens is 216 g/mol. The molecule has 1 rings (SSSR count). The highest BCUT2D eigenvalue weighted by atomic mass is 16.5. The highest BCUT2D eigenvalue weighted by Gasteiger charge is 2.57. The lowest BCUT2D eigenvalue weighted by atomic mass is 9.83. The van der Waals surface area contributed by atoms with Gasteiger partial charge in [0.1, 0.15) is 24.3 Å². The standard InChI is InChI=1S/C12H10N4O/c1-2-3-4-10-5-11(6-13,7-14)17-12(10,8-15)9-16/h2,10H,1,3-5H2. The molecule has 0 aromatic rings. The first-order valence-corrected chi connectivity index (χ1v) is 5.08. The Morgan fingerprint density at radius 2 is 1.76 bits per heavy atom. The Morgan fingerprint density at radius 1 is 1.18 bits per heavy atom. The molecule has 0 aromatic heterocycles. The molecule has 0 saturated carbocycles. The summed E-state index contributed by atoms with van der Waals surface area (Å²) in [6.45, 7) is 3.56. The van der Waals surface area contributed by atoms with Crippen molar-refractivity contribution >= 4 is 0 Å². The smallest absolute Gasteiger partial charge is 0.246 e. The Morgan fingerprint density at radius 3 is 2.18 bits per heavy atom. The van der Waals surface area contributed by atoms with E-state index in [2.05, 4.69) is 6.58 Å². The van der Waals surface area contributed by atoms with Gasteiger partial charge in [-0.25, -0.2) is 0 Å². The van der Waals surface area contributed by atoms with Gasteiger partial charge in [-0.2, -0.15) is 21.0 Å². The van der Waals surface area contributed by atoms with Crippen molar-refractivity contribution in [3.05, 3.63) is 12.7 Å². The maximum Gasteiger partial charge on any atom is 0.246 e. The van der Waals surface area contributed by atoms with E-state index in [4.69, 9.17) is 25.8 Å². The van der Waals surface area contributed by atoms with Crippen LogP contribution in [0.4, 0.5) is 0 Å². The summed E-state index contributed by atoms with van der Waals surface area (Å²) in [5.74, 6) is -0.449. The molecule has 5 nitrogen and oxygen atoms in total. The zero-order valence-electron chi connectivity index (χ0n) is 9.18. The van der Waals surface area contributed by atoms with E-state index in [0.717, 1.165) is 0 Å². The second kappa shape index (κ2) is 4.67. The molecule has 0 bridgehead atoms. The van der Waals surface area contributed by atoms with Crippen LogP contribution in [-0.2, 0) is 4.74 Å². The van der Waals surface area contributed by atoms with Crippen LogP contribution in [0.25, 0.3) is 0 Å². The first kappa shape index (κ1) is 12.7. The lowest BCUT2D eigenvalue weighted by molar-refractivity contribution is 0.00967. The Kier molecular flexibility index (Phi) is 3.49. The van der Waals surface area contributed by atoms with Crippen LogP contribution in [0.2, 0.25) is 0 Å². The van der Waals surface area contributed by atoms with Gasteiger partial charge >= 0.3 is 0 Å². The van der Waals surface area contributed by atoms with Crippen molar-refractivity contribution in [1.82, 2.24) is 0 Å². The van der Waals surface area contributed by atoms with Crippen molar-refractivity contribution in [3.63, 3.8) is 0 Å². The van der Waals surface area contributed by atoms with E-state index in [9.17, 15) is 0 Å². The first-order valence-electron chi connectivity index (χ1n) is 5.08. The Bertz CT molecular complexity index is 455. The zero-order chi connectivity index (χ0) is 12.9. The topological polar surface area (TPSA) is 104 Å². The van der Waals surface area contributed by atoms with Crippen molar-refractivity contribution in [2.24, 2.45) is 5.92 Å². The summed E-state index contributed by atoms with van der Waals surface area (Å²) in [6, 6.07) is 7.07. The highest BCUT2D eigenvalue weighted by molar-refractivity contribution is 5.32. The van der Waals surface area contributed by atoms with Crippen molar-refractivity contribution in [2.75, 3.05) is 0 Å². The fourth-order valence-electron chi connectivity index (χ4n) is 1.93. The molecule has 0 N–H and O–H groups in total. The molecule has 0 radical (unpaired) electrons. The fourth-order valence-corrected chi connectivity index (χ4v) is 1.93. The summed E-state index contributed by atoms with van der Waals surface area (Å²) in [4.78, 5) is 0. The van der Waals surface area contributed by atoms with Gasteiger partial charge in [0, 0.05) is 12.3 Å². The maximum atomic E-state index is 9.07. The molecule has 17 heavy (non-hydrogen) atoms. The molecule has 5 heteroatoms. The second-order valence-corrected chi connectivity index (χ2v) is 3.88. The van der Waals surface area contributed by atoms with Gasteiger partial charge in [0.2, 0.25) is 11.2 Å². The van der Waals surface area contributed by atoms with Crippen LogP contribution in [0.3, 0.4) is 0 Å². The zero-order valence-corrected chi connectivity index (χ0v) is 9.18. The minimum Gasteiger partial charge on any atom is -0.312 e. The second-order valence-electron chi connectivity index (χ2n) is 3.88. The number of ether oxygens (including phenoxy) is 1. The van der Waals surface area contributed by atoms with E-state index in [0.29, 0.717) is 12.8 Å². The van der Waals surface area contributed by atoms with Gasteiger partial charge in [-0.15, -0.1) is 6.58 Å². The maximum absolute atomic E-state index is 9.07. The van der Waals surface area contributed by atoms with Crippen LogP contribution in [0.15, 0.2) is 12.7 Å². The van der Waals surface area contributed by atoms with Crippen molar-refractivity contribution in [2.45, 2.75) is 30.5 Å². The minimum atomic E-state index is -1.70. The molecule has 1 aliphatic rings. The molecule has 1 saturated heterocycles. The molecule has 0 spiro atoms. The Labute approximate surface area is 99.7 Å². The number of rotatable bonds is 3. The molecule has 0 aliphatic carbocycles. The molecule has 1 fully saturated rings. The molecule has 84 valence electrons. The molecule has 0 amide bonds. The van der Waals surface area contributed by atoms with Gasteiger partial charge in [0.25, 0.3) is 0 Å². The molecular formula is C12H10N4O. The number of nitriles is 4. The van der Waals surface area contributed by atoms with E-state index < -0.39 is 17.1 Å². The van der Waals surface area contributed by atoms with E-state index in [-0.39, 0.29) is 6.42 Å². The fraction of sp³-hybridized carbons (Fsp3) is 0.500. The molecule has 1 aliphatic heterocycles. The minimum absolute atomic E-state index is 0.0783. The molecule has 1 atom stereocenters. The lowest BCUT2D eigenvalue weighted by Crippen LogP contribution is -2.34. The van der Waals surface area contributed by atoms with Crippen molar-refractivity contribution < 1.29 is 4.74 Å². The first-order chi connectivity index (χ1) is 8.12. The van der Waals surface area contributed by atoms with Gasteiger partial charge in [-0.05, 0) is 12.8 Å². The molecule has 1 unspecified atom stereocenters. The monoisotopic (exact) mass is 226 g/mol. The summed E-state index contributed by atoms with van der Waals surface area (Å²) in [5.41, 5.74) is -3.38. The van der Waals surface area contributed by atoms with Gasteiger partial charge in [-0.3, -0.25) is 0 Å². The third-order valence-electron chi connectivity index (χ3n) is 2.86. The van der Waals surface area contributed by atoms with Gasteiger partial charge in [0.15, 0.2) is 0 Å². The largest absolute Gasteiger partial charge is 0.312 e. The average molecular weight is 226 g/mol. The summed E-state index contributed by atoms with van der Waals surface area (Å²) >= 11 is 0. The summed E-state index contributed by atoms with van der Waals surface area (Å²) in [5, 5.41) is 36.0. The Hall–Kier alpha value is -2.34. The van der Waals surface area contributed by atoms with E-state index in [1.807, 2.05) is 0 Å². The van der Waals surface area contributed by atoms with Gasteiger partial charge in [-0.1, -0.05) is 6.08 Å². The van der Waals surface area contributed by atoms with Crippen LogP contribution >= 0.6 is 0 Å². The van der Waals surface area contributed by atoms with Crippen LogP contribution in [0.1, 0.15) is 19.3 Å². The normalized spacial score (nSPS) is 23.6. The molecule has 1 heterocycles.